The molecule has 0 saturated heterocycles. The summed E-state index contributed by atoms with van der Waals surface area (Å²) < 4.78 is 28.9. The molecule has 0 aliphatic carbocycles. The molecular formula is C24H25ClN4O4S2. The molecule has 3 aromatic rings. The van der Waals surface area contributed by atoms with Crippen LogP contribution in [-0.4, -0.2) is 43.2 Å². The van der Waals surface area contributed by atoms with E-state index in [1.54, 1.807) is 19.1 Å². The topological polar surface area (TPSA) is 125 Å². The molecule has 35 heavy (non-hydrogen) atoms. The van der Waals surface area contributed by atoms with Gasteiger partial charge in [-0.25, -0.2) is 18.2 Å². The lowest BCUT2D eigenvalue weighted by molar-refractivity contribution is -0.138. The van der Waals surface area contributed by atoms with Gasteiger partial charge in [0.15, 0.2) is 14.8 Å². The van der Waals surface area contributed by atoms with Gasteiger partial charge in [0.2, 0.25) is 0 Å². The van der Waals surface area contributed by atoms with E-state index in [0.29, 0.717) is 21.3 Å². The Morgan fingerprint density at radius 3 is 2.54 bits per heavy atom. The van der Waals surface area contributed by atoms with Gasteiger partial charge in [-0.05, 0) is 36.6 Å². The van der Waals surface area contributed by atoms with E-state index < -0.39 is 15.8 Å². The molecule has 0 radical (unpaired) electrons. The Hall–Kier alpha value is -3.08. The van der Waals surface area contributed by atoms with Crippen molar-refractivity contribution in [3.8, 4) is 10.6 Å². The third kappa shape index (κ3) is 6.33. The number of aliphatic imine (C=N–C) groups is 1. The lowest BCUT2D eigenvalue weighted by Gasteiger charge is -2.11. The molecule has 2 aromatic carbocycles. The highest BCUT2D eigenvalue weighted by Gasteiger charge is 2.23. The van der Waals surface area contributed by atoms with E-state index in [0.717, 1.165) is 23.2 Å². The lowest BCUT2D eigenvalue weighted by atomic mass is 10.0. The summed E-state index contributed by atoms with van der Waals surface area (Å²) >= 11 is 7.71. The molecule has 0 bridgehead atoms. The van der Waals surface area contributed by atoms with Gasteiger partial charge in [0.25, 0.3) is 0 Å². The summed E-state index contributed by atoms with van der Waals surface area (Å²) in [7, 11) is -3.40. The largest absolute Gasteiger partial charge is 0.461 e. The van der Waals surface area contributed by atoms with Crippen LogP contribution in [0.5, 0.6) is 0 Å². The van der Waals surface area contributed by atoms with Crippen molar-refractivity contribution in [2.45, 2.75) is 31.6 Å². The van der Waals surface area contributed by atoms with Gasteiger partial charge >= 0.3 is 5.97 Å². The zero-order valence-electron chi connectivity index (χ0n) is 19.6. The predicted molar refractivity (Wildman–Crippen MR) is 139 cm³/mol. The van der Waals surface area contributed by atoms with Gasteiger partial charge < -0.3 is 10.5 Å². The molecule has 0 spiro atoms. The smallest absolute Gasteiger partial charge is 0.355 e. The first-order chi connectivity index (χ1) is 16.5. The van der Waals surface area contributed by atoms with Crippen LogP contribution in [0.3, 0.4) is 0 Å². The molecule has 0 amide bonds. The molecule has 0 aliphatic heterocycles. The first-order valence-electron chi connectivity index (χ1n) is 10.7. The van der Waals surface area contributed by atoms with E-state index in [2.05, 4.69) is 10.2 Å². The number of carbonyl (C=O) groups is 1. The van der Waals surface area contributed by atoms with Crippen molar-refractivity contribution in [2.75, 3.05) is 12.9 Å². The number of esters is 1. The van der Waals surface area contributed by atoms with Crippen molar-refractivity contribution in [1.29, 1.82) is 0 Å². The van der Waals surface area contributed by atoms with Crippen molar-refractivity contribution < 1.29 is 17.9 Å². The number of allylic oxidation sites excluding steroid dienone is 1. The summed E-state index contributed by atoms with van der Waals surface area (Å²) in [6.07, 6.45) is 1.14. The van der Waals surface area contributed by atoms with Gasteiger partial charge in [0.05, 0.1) is 22.2 Å². The Morgan fingerprint density at radius 2 is 1.89 bits per heavy atom. The van der Waals surface area contributed by atoms with Crippen LogP contribution in [0, 0.1) is 0 Å². The maximum absolute atomic E-state index is 12.3. The number of halogens is 1. The van der Waals surface area contributed by atoms with Crippen LogP contribution in [0.25, 0.3) is 10.6 Å². The zero-order chi connectivity index (χ0) is 25.8. The maximum Gasteiger partial charge on any atom is 0.355 e. The van der Waals surface area contributed by atoms with E-state index in [4.69, 9.17) is 27.1 Å². The van der Waals surface area contributed by atoms with Crippen molar-refractivity contribution in [3.63, 3.8) is 0 Å². The van der Waals surface area contributed by atoms with Gasteiger partial charge in [0.1, 0.15) is 16.4 Å². The van der Waals surface area contributed by atoms with Crippen molar-refractivity contribution in [3.05, 3.63) is 69.8 Å². The standard InChI is InChI=1S/C24H25ClN4O4S2/c1-5-33-24(30)20(26)19(25)21(27-18-12-7-6-11-17(18)14(2)3)23-29-28-22(34-23)15-9-8-10-16(13-15)35(4,31)32/h6-14H,5,26H2,1-4H3. The second kappa shape index (κ2) is 11.1. The van der Waals surface area contributed by atoms with Crippen LogP contribution in [0.2, 0.25) is 0 Å². The fraction of sp³-hybridized carbons (Fsp3) is 0.250. The molecule has 1 heterocycles. The van der Waals surface area contributed by atoms with Crippen molar-refractivity contribution in [2.24, 2.45) is 10.7 Å². The zero-order valence-corrected chi connectivity index (χ0v) is 22.0. The summed E-state index contributed by atoms with van der Waals surface area (Å²) in [5.74, 6) is -0.599. The van der Waals surface area contributed by atoms with E-state index in [-0.39, 0.29) is 33.9 Å². The SMILES string of the molecule is CCOC(=O)C(N)=C(Cl)C(=Nc1ccccc1C(C)C)c1nnc(-c2cccc(S(C)(=O)=O)c2)s1. The van der Waals surface area contributed by atoms with Gasteiger partial charge in [-0.2, -0.15) is 0 Å². The molecule has 2 N–H and O–H groups in total. The highest BCUT2D eigenvalue weighted by molar-refractivity contribution is 7.90. The molecule has 0 saturated carbocycles. The number of para-hydroxylation sites is 1. The summed E-state index contributed by atoms with van der Waals surface area (Å²) in [5.41, 5.74) is 8.04. The average Bonchev–Trinajstić information content (AvgIpc) is 3.31. The van der Waals surface area contributed by atoms with E-state index in [1.165, 1.54) is 12.1 Å². The molecule has 0 unspecified atom stereocenters. The highest BCUT2D eigenvalue weighted by Crippen LogP contribution is 2.32. The number of hydrogen-bond donors (Lipinski definition) is 1. The van der Waals surface area contributed by atoms with E-state index >= 15 is 0 Å². The van der Waals surface area contributed by atoms with Gasteiger partial charge in [-0.3, -0.25) is 0 Å². The molecule has 0 aliphatic rings. The minimum atomic E-state index is -3.40. The predicted octanol–water partition coefficient (Wildman–Crippen LogP) is 4.83. The number of ether oxygens (including phenoxy) is 1. The van der Waals surface area contributed by atoms with Gasteiger partial charge in [0, 0.05) is 11.8 Å². The summed E-state index contributed by atoms with van der Waals surface area (Å²) in [4.78, 5) is 17.2. The maximum atomic E-state index is 12.3. The number of benzene rings is 2. The van der Waals surface area contributed by atoms with Crippen LogP contribution in [0.1, 0.15) is 37.3 Å². The second-order valence-corrected chi connectivity index (χ2v) is 11.2. The first-order valence-corrected chi connectivity index (χ1v) is 13.8. The average molecular weight is 533 g/mol. The van der Waals surface area contributed by atoms with Crippen LogP contribution in [0.15, 0.2) is 69.1 Å². The number of nitrogens with zero attached hydrogens (tertiary/aromatic N) is 3. The molecule has 8 nitrogen and oxygen atoms in total. The quantitative estimate of drug-likeness (QED) is 0.250. The Balaban J connectivity index is 2.18. The highest BCUT2D eigenvalue weighted by atomic mass is 35.5. The number of rotatable bonds is 8. The van der Waals surface area contributed by atoms with Crippen LogP contribution >= 0.6 is 22.9 Å². The van der Waals surface area contributed by atoms with Gasteiger partial charge in [-0.1, -0.05) is 67.1 Å². The number of sulfone groups is 1. The molecule has 0 atom stereocenters. The van der Waals surface area contributed by atoms with Crippen molar-refractivity contribution >= 4 is 50.1 Å². The second-order valence-electron chi connectivity index (χ2n) is 7.83. The summed E-state index contributed by atoms with van der Waals surface area (Å²) in [6.45, 7) is 5.87. The Morgan fingerprint density at radius 1 is 1.17 bits per heavy atom. The minimum absolute atomic E-state index is 0.116. The molecule has 11 heteroatoms. The Kier molecular flexibility index (Phi) is 8.42. The lowest BCUT2D eigenvalue weighted by Crippen LogP contribution is -2.19. The van der Waals surface area contributed by atoms with E-state index in [1.807, 2.05) is 38.1 Å². The van der Waals surface area contributed by atoms with Crippen LogP contribution < -0.4 is 5.73 Å². The number of aromatic nitrogens is 2. The third-order valence-electron chi connectivity index (χ3n) is 4.87. The first kappa shape index (κ1) is 26.5. The fourth-order valence-electron chi connectivity index (χ4n) is 3.11. The Labute approximate surface area is 213 Å². The monoisotopic (exact) mass is 532 g/mol. The molecule has 3 rings (SSSR count). The van der Waals surface area contributed by atoms with Crippen LogP contribution in [0.4, 0.5) is 5.69 Å². The van der Waals surface area contributed by atoms with Gasteiger partial charge in [-0.15, -0.1) is 10.2 Å². The van der Waals surface area contributed by atoms with E-state index in [9.17, 15) is 13.2 Å². The third-order valence-corrected chi connectivity index (χ3v) is 7.34. The fourth-order valence-corrected chi connectivity index (χ4v) is 4.88. The molecule has 184 valence electrons. The number of hydrogen-bond acceptors (Lipinski definition) is 9. The van der Waals surface area contributed by atoms with Crippen molar-refractivity contribution in [1.82, 2.24) is 10.2 Å². The summed E-state index contributed by atoms with van der Waals surface area (Å²) in [5, 5.41) is 9.08. The Bertz CT molecular complexity index is 1410. The summed E-state index contributed by atoms with van der Waals surface area (Å²) in [6, 6.07) is 13.9. The number of nitrogens with two attached hydrogens (primary N) is 1. The van der Waals surface area contributed by atoms with Crippen LogP contribution in [-0.2, 0) is 19.4 Å². The molecule has 0 fully saturated rings. The minimum Gasteiger partial charge on any atom is -0.461 e. The normalized spacial score (nSPS) is 13.0. The molecule has 1 aromatic heterocycles. The number of carbonyl (C=O) groups excluding carboxylic acids is 1. The molecular weight excluding hydrogens is 508 g/mol.